The van der Waals surface area contributed by atoms with E-state index < -0.39 is 0 Å². The van der Waals surface area contributed by atoms with Crippen LogP contribution in [0.15, 0.2) is 24.8 Å². The Kier molecular flexibility index (Phi) is 3.92. The van der Waals surface area contributed by atoms with E-state index in [9.17, 15) is 4.79 Å². The lowest BCUT2D eigenvalue weighted by Crippen LogP contribution is -2.49. The molecular weight excluding hydrogens is 304 g/mol. The molecule has 1 aliphatic heterocycles. The third-order valence-electron chi connectivity index (χ3n) is 4.83. The van der Waals surface area contributed by atoms with Gasteiger partial charge >= 0.3 is 0 Å². The monoisotopic (exact) mass is 326 g/mol. The van der Waals surface area contributed by atoms with Crippen LogP contribution in [0.5, 0.6) is 0 Å². The highest BCUT2D eigenvalue weighted by molar-refractivity contribution is 5.77. The van der Waals surface area contributed by atoms with Crippen LogP contribution in [0.25, 0.3) is 5.82 Å². The molecule has 1 saturated heterocycles. The standard InChI is InChI=1S/C17H22N6O/c1-13-18-4-5-23(13)16-11-15(19-12-20-16)21-6-8-22(9-7-21)17(24)10-14-2-3-14/h4-5,11-12,14H,2-3,6-10H2,1H3. The number of hydrogen-bond acceptors (Lipinski definition) is 5. The van der Waals surface area contributed by atoms with Crippen molar-refractivity contribution in [2.75, 3.05) is 31.1 Å². The first-order chi connectivity index (χ1) is 11.7. The van der Waals surface area contributed by atoms with Crippen LogP contribution in [0.3, 0.4) is 0 Å². The number of hydrogen-bond donors (Lipinski definition) is 0. The first-order valence-corrected chi connectivity index (χ1v) is 8.56. The molecule has 126 valence electrons. The van der Waals surface area contributed by atoms with Crippen molar-refractivity contribution in [3.05, 3.63) is 30.6 Å². The zero-order valence-corrected chi connectivity index (χ0v) is 13.9. The van der Waals surface area contributed by atoms with Crippen molar-refractivity contribution in [3.63, 3.8) is 0 Å². The molecule has 1 amide bonds. The summed E-state index contributed by atoms with van der Waals surface area (Å²) in [6, 6.07) is 1.98. The normalized spacial score (nSPS) is 18.0. The van der Waals surface area contributed by atoms with Crippen LogP contribution < -0.4 is 4.90 Å². The predicted molar refractivity (Wildman–Crippen MR) is 90.0 cm³/mol. The largest absolute Gasteiger partial charge is 0.353 e. The zero-order valence-electron chi connectivity index (χ0n) is 13.9. The summed E-state index contributed by atoms with van der Waals surface area (Å²) < 4.78 is 1.95. The van der Waals surface area contributed by atoms with Crippen LogP contribution in [-0.4, -0.2) is 56.5 Å². The molecule has 3 heterocycles. The van der Waals surface area contributed by atoms with Crippen LogP contribution in [-0.2, 0) is 4.79 Å². The number of carbonyl (C=O) groups is 1. The maximum atomic E-state index is 12.2. The molecule has 0 aromatic carbocycles. The molecule has 2 aromatic rings. The highest BCUT2D eigenvalue weighted by Crippen LogP contribution is 2.33. The van der Waals surface area contributed by atoms with Crippen molar-refractivity contribution in [3.8, 4) is 5.82 Å². The predicted octanol–water partition coefficient (Wildman–Crippen LogP) is 1.42. The van der Waals surface area contributed by atoms with Gasteiger partial charge in [-0.05, 0) is 25.7 Å². The molecule has 1 aliphatic carbocycles. The van der Waals surface area contributed by atoms with Gasteiger partial charge in [0.15, 0.2) is 0 Å². The summed E-state index contributed by atoms with van der Waals surface area (Å²) in [7, 11) is 0. The van der Waals surface area contributed by atoms with Gasteiger partial charge in [-0.25, -0.2) is 15.0 Å². The molecule has 7 heteroatoms. The summed E-state index contributed by atoms with van der Waals surface area (Å²) >= 11 is 0. The number of imidazole rings is 1. The van der Waals surface area contributed by atoms with E-state index in [1.807, 2.05) is 28.7 Å². The molecule has 0 atom stereocenters. The van der Waals surface area contributed by atoms with Crippen LogP contribution in [0, 0.1) is 12.8 Å². The zero-order chi connectivity index (χ0) is 16.5. The van der Waals surface area contributed by atoms with Crippen molar-refractivity contribution in [1.82, 2.24) is 24.4 Å². The third kappa shape index (κ3) is 3.11. The van der Waals surface area contributed by atoms with Crippen molar-refractivity contribution < 1.29 is 4.79 Å². The van der Waals surface area contributed by atoms with E-state index in [1.54, 1.807) is 12.5 Å². The van der Waals surface area contributed by atoms with Crippen LogP contribution >= 0.6 is 0 Å². The fraction of sp³-hybridized carbons (Fsp3) is 0.529. The molecule has 0 bridgehead atoms. The lowest BCUT2D eigenvalue weighted by Gasteiger charge is -2.35. The van der Waals surface area contributed by atoms with Crippen LogP contribution in [0.2, 0.25) is 0 Å². The molecule has 0 spiro atoms. The second kappa shape index (κ2) is 6.22. The molecule has 2 aliphatic rings. The molecule has 0 N–H and O–H groups in total. The van der Waals surface area contributed by atoms with E-state index in [1.165, 1.54) is 12.8 Å². The van der Waals surface area contributed by atoms with Gasteiger partial charge in [-0.2, -0.15) is 0 Å². The van der Waals surface area contributed by atoms with E-state index in [0.717, 1.165) is 50.1 Å². The van der Waals surface area contributed by atoms with E-state index in [-0.39, 0.29) is 0 Å². The topological polar surface area (TPSA) is 67.2 Å². The quantitative estimate of drug-likeness (QED) is 0.850. The number of anilines is 1. The van der Waals surface area contributed by atoms with Gasteiger partial charge in [0.2, 0.25) is 5.91 Å². The van der Waals surface area contributed by atoms with Gasteiger partial charge in [-0.15, -0.1) is 0 Å². The van der Waals surface area contributed by atoms with Gasteiger partial charge < -0.3 is 9.80 Å². The van der Waals surface area contributed by atoms with Gasteiger partial charge in [-0.3, -0.25) is 9.36 Å². The van der Waals surface area contributed by atoms with Crippen LogP contribution in [0.4, 0.5) is 5.82 Å². The Morgan fingerprint density at radius 1 is 1.12 bits per heavy atom. The lowest BCUT2D eigenvalue weighted by atomic mass is 10.2. The number of aromatic nitrogens is 4. The van der Waals surface area contributed by atoms with E-state index in [4.69, 9.17) is 0 Å². The third-order valence-corrected chi connectivity index (χ3v) is 4.83. The maximum Gasteiger partial charge on any atom is 0.222 e. The van der Waals surface area contributed by atoms with Gasteiger partial charge in [0.25, 0.3) is 0 Å². The molecule has 2 fully saturated rings. The maximum absolute atomic E-state index is 12.2. The Morgan fingerprint density at radius 3 is 2.54 bits per heavy atom. The summed E-state index contributed by atoms with van der Waals surface area (Å²) in [5, 5.41) is 0. The van der Waals surface area contributed by atoms with Gasteiger partial charge in [0.1, 0.15) is 23.8 Å². The molecule has 2 aromatic heterocycles. The smallest absolute Gasteiger partial charge is 0.222 e. The summed E-state index contributed by atoms with van der Waals surface area (Å²) in [6.45, 7) is 5.13. The van der Waals surface area contributed by atoms with E-state index >= 15 is 0 Å². The summed E-state index contributed by atoms with van der Waals surface area (Å²) in [4.78, 5) is 29.4. The molecular formula is C17H22N6O. The Labute approximate surface area is 141 Å². The average Bonchev–Trinajstić information content (AvgIpc) is 3.33. The fourth-order valence-corrected chi connectivity index (χ4v) is 3.14. The van der Waals surface area contributed by atoms with E-state index in [2.05, 4.69) is 19.9 Å². The minimum absolute atomic E-state index is 0.314. The van der Waals surface area contributed by atoms with Crippen LogP contribution in [0.1, 0.15) is 25.1 Å². The number of rotatable bonds is 4. The number of piperazine rings is 1. The van der Waals surface area contributed by atoms with Gasteiger partial charge in [0.05, 0.1) is 0 Å². The number of aryl methyl sites for hydroxylation is 1. The van der Waals surface area contributed by atoms with Crippen molar-refractivity contribution in [2.45, 2.75) is 26.2 Å². The Hall–Kier alpha value is -2.44. The molecule has 7 nitrogen and oxygen atoms in total. The SMILES string of the molecule is Cc1nccn1-c1cc(N2CCN(C(=O)CC3CC3)CC2)ncn1. The fourth-order valence-electron chi connectivity index (χ4n) is 3.14. The highest BCUT2D eigenvalue weighted by atomic mass is 16.2. The average molecular weight is 326 g/mol. The van der Waals surface area contributed by atoms with Crippen molar-refractivity contribution >= 4 is 11.7 Å². The van der Waals surface area contributed by atoms with E-state index in [0.29, 0.717) is 11.8 Å². The second-order valence-electron chi connectivity index (χ2n) is 6.59. The van der Waals surface area contributed by atoms with Gasteiger partial charge in [0, 0.05) is 51.1 Å². The number of carbonyl (C=O) groups excluding carboxylic acids is 1. The minimum Gasteiger partial charge on any atom is -0.353 e. The Balaban J connectivity index is 1.42. The lowest BCUT2D eigenvalue weighted by molar-refractivity contribution is -0.131. The minimum atomic E-state index is 0.314. The summed E-state index contributed by atoms with van der Waals surface area (Å²) in [6.07, 6.45) is 8.44. The molecule has 24 heavy (non-hydrogen) atoms. The van der Waals surface area contributed by atoms with Crippen molar-refractivity contribution in [1.29, 1.82) is 0 Å². The summed E-state index contributed by atoms with van der Waals surface area (Å²) in [5.74, 6) is 3.59. The number of nitrogens with zero attached hydrogens (tertiary/aromatic N) is 6. The number of amides is 1. The molecule has 0 unspecified atom stereocenters. The first kappa shape index (κ1) is 15.1. The molecule has 1 saturated carbocycles. The molecule has 4 rings (SSSR count). The highest BCUT2D eigenvalue weighted by Gasteiger charge is 2.28. The Morgan fingerprint density at radius 2 is 1.88 bits per heavy atom. The second-order valence-corrected chi connectivity index (χ2v) is 6.59. The summed E-state index contributed by atoms with van der Waals surface area (Å²) in [5.41, 5.74) is 0. The van der Waals surface area contributed by atoms with Crippen molar-refractivity contribution in [2.24, 2.45) is 5.92 Å². The molecule has 0 radical (unpaired) electrons. The van der Waals surface area contributed by atoms with Gasteiger partial charge in [-0.1, -0.05) is 0 Å². The first-order valence-electron chi connectivity index (χ1n) is 8.56. The Bertz CT molecular complexity index is 730.